The zero-order valence-corrected chi connectivity index (χ0v) is 13.2. The van der Waals surface area contributed by atoms with E-state index in [-0.39, 0.29) is 5.91 Å². The quantitative estimate of drug-likeness (QED) is 0.785. The standard InChI is InChI=1S/C13H11ClINOS/c14-12-5-4-11(18-12)6-7-16-13(17)9-2-1-3-10(15)8-9/h1-5,8H,6-7H2,(H,16,17). The summed E-state index contributed by atoms with van der Waals surface area (Å²) in [5.41, 5.74) is 0.700. The van der Waals surface area contributed by atoms with Crippen LogP contribution >= 0.6 is 45.5 Å². The van der Waals surface area contributed by atoms with Crippen LogP contribution in [0.15, 0.2) is 36.4 Å². The van der Waals surface area contributed by atoms with Crippen molar-refractivity contribution in [3.8, 4) is 0 Å². The molecule has 1 aromatic heterocycles. The topological polar surface area (TPSA) is 29.1 Å². The van der Waals surface area contributed by atoms with Gasteiger partial charge in [0.1, 0.15) is 0 Å². The van der Waals surface area contributed by atoms with Gasteiger partial charge in [-0.05, 0) is 59.3 Å². The summed E-state index contributed by atoms with van der Waals surface area (Å²) in [5.74, 6) is -0.0313. The van der Waals surface area contributed by atoms with E-state index in [1.54, 1.807) is 11.3 Å². The Kier molecular flexibility index (Phi) is 5.03. The highest BCUT2D eigenvalue weighted by atomic mass is 127. The second-order valence-corrected chi connectivity index (χ2v) is 6.77. The average Bonchev–Trinajstić information content (AvgIpc) is 2.75. The van der Waals surface area contributed by atoms with Crippen LogP contribution in [0, 0.1) is 3.57 Å². The van der Waals surface area contributed by atoms with Gasteiger partial charge >= 0.3 is 0 Å². The van der Waals surface area contributed by atoms with Crippen molar-refractivity contribution in [2.75, 3.05) is 6.54 Å². The normalized spacial score (nSPS) is 10.3. The van der Waals surface area contributed by atoms with Gasteiger partial charge in [-0.2, -0.15) is 0 Å². The Bertz CT molecular complexity index is 555. The largest absolute Gasteiger partial charge is 0.352 e. The Morgan fingerprint density at radius 2 is 2.17 bits per heavy atom. The molecule has 0 radical (unpaired) electrons. The molecule has 94 valence electrons. The van der Waals surface area contributed by atoms with Crippen LogP contribution in [0.4, 0.5) is 0 Å². The zero-order chi connectivity index (χ0) is 13.0. The van der Waals surface area contributed by atoms with Crippen molar-refractivity contribution >= 4 is 51.4 Å². The predicted octanol–water partition coefficient (Wildman–Crippen LogP) is 3.98. The van der Waals surface area contributed by atoms with Crippen LogP contribution in [0.5, 0.6) is 0 Å². The molecule has 1 aromatic carbocycles. The number of rotatable bonds is 4. The Hall–Kier alpha value is -0.590. The van der Waals surface area contributed by atoms with Crippen LogP contribution in [0.25, 0.3) is 0 Å². The molecule has 0 spiro atoms. The van der Waals surface area contributed by atoms with Crippen molar-refractivity contribution in [3.05, 3.63) is 54.7 Å². The van der Waals surface area contributed by atoms with Gasteiger partial charge in [0.05, 0.1) is 4.34 Å². The van der Waals surface area contributed by atoms with E-state index < -0.39 is 0 Å². The monoisotopic (exact) mass is 391 g/mol. The SMILES string of the molecule is O=C(NCCc1ccc(Cl)s1)c1cccc(I)c1. The number of benzene rings is 1. The van der Waals surface area contributed by atoms with Crippen LogP contribution in [0.2, 0.25) is 4.34 Å². The lowest BCUT2D eigenvalue weighted by Gasteiger charge is -2.04. The van der Waals surface area contributed by atoms with Crippen molar-refractivity contribution in [1.82, 2.24) is 5.32 Å². The minimum Gasteiger partial charge on any atom is -0.352 e. The summed E-state index contributed by atoms with van der Waals surface area (Å²) in [4.78, 5) is 13.0. The molecule has 0 saturated heterocycles. The Labute approximate surface area is 129 Å². The molecule has 1 heterocycles. The van der Waals surface area contributed by atoms with Crippen molar-refractivity contribution in [3.63, 3.8) is 0 Å². The molecule has 0 bridgehead atoms. The van der Waals surface area contributed by atoms with E-state index in [0.29, 0.717) is 12.1 Å². The lowest BCUT2D eigenvalue weighted by Crippen LogP contribution is -2.25. The smallest absolute Gasteiger partial charge is 0.251 e. The summed E-state index contributed by atoms with van der Waals surface area (Å²) in [6.07, 6.45) is 0.813. The molecule has 1 amide bonds. The molecule has 18 heavy (non-hydrogen) atoms. The second-order valence-electron chi connectivity index (χ2n) is 3.72. The second kappa shape index (κ2) is 6.54. The molecular weight excluding hydrogens is 381 g/mol. The summed E-state index contributed by atoms with van der Waals surface area (Å²) in [6.45, 7) is 0.626. The summed E-state index contributed by atoms with van der Waals surface area (Å²) in [5, 5.41) is 2.91. The van der Waals surface area contributed by atoms with Gasteiger partial charge < -0.3 is 5.32 Å². The van der Waals surface area contributed by atoms with Crippen LogP contribution in [0.3, 0.4) is 0 Å². The van der Waals surface area contributed by atoms with Gasteiger partial charge in [0, 0.05) is 20.6 Å². The van der Waals surface area contributed by atoms with Crippen molar-refractivity contribution in [1.29, 1.82) is 0 Å². The third-order valence-corrected chi connectivity index (χ3v) is 4.33. The fourth-order valence-corrected chi connectivity index (χ4v) is 3.15. The van der Waals surface area contributed by atoms with E-state index >= 15 is 0 Å². The fraction of sp³-hybridized carbons (Fsp3) is 0.154. The minimum absolute atomic E-state index is 0.0313. The van der Waals surface area contributed by atoms with Crippen LogP contribution in [0.1, 0.15) is 15.2 Å². The molecule has 5 heteroatoms. The van der Waals surface area contributed by atoms with E-state index in [4.69, 9.17) is 11.6 Å². The van der Waals surface area contributed by atoms with Gasteiger partial charge in [-0.1, -0.05) is 17.7 Å². The summed E-state index contributed by atoms with van der Waals surface area (Å²) in [6, 6.07) is 11.4. The highest BCUT2D eigenvalue weighted by Gasteiger charge is 2.05. The molecule has 0 atom stereocenters. The molecule has 0 aliphatic heterocycles. The van der Waals surface area contributed by atoms with E-state index in [1.165, 1.54) is 4.88 Å². The minimum atomic E-state index is -0.0313. The number of nitrogens with one attached hydrogen (secondary N) is 1. The fourth-order valence-electron chi connectivity index (χ4n) is 1.52. The van der Waals surface area contributed by atoms with Gasteiger partial charge in [0.2, 0.25) is 0 Å². The van der Waals surface area contributed by atoms with E-state index in [9.17, 15) is 4.79 Å². The van der Waals surface area contributed by atoms with E-state index in [0.717, 1.165) is 14.3 Å². The number of carbonyl (C=O) groups is 1. The van der Waals surface area contributed by atoms with Gasteiger partial charge in [0.15, 0.2) is 0 Å². The van der Waals surface area contributed by atoms with E-state index in [2.05, 4.69) is 27.9 Å². The first-order chi connectivity index (χ1) is 8.65. The van der Waals surface area contributed by atoms with E-state index in [1.807, 2.05) is 36.4 Å². The number of hydrogen-bond donors (Lipinski definition) is 1. The first-order valence-corrected chi connectivity index (χ1v) is 7.70. The first kappa shape index (κ1) is 13.8. The average molecular weight is 392 g/mol. The highest BCUT2D eigenvalue weighted by molar-refractivity contribution is 14.1. The third kappa shape index (κ3) is 3.96. The number of halogens is 2. The number of hydrogen-bond acceptors (Lipinski definition) is 2. The molecule has 0 aliphatic rings. The zero-order valence-electron chi connectivity index (χ0n) is 9.45. The Balaban J connectivity index is 1.85. The summed E-state index contributed by atoms with van der Waals surface area (Å²) < 4.78 is 1.85. The number of thiophene rings is 1. The molecule has 0 fully saturated rings. The van der Waals surface area contributed by atoms with Crippen molar-refractivity contribution in [2.24, 2.45) is 0 Å². The molecule has 0 aliphatic carbocycles. The highest BCUT2D eigenvalue weighted by Crippen LogP contribution is 2.21. The Morgan fingerprint density at radius 1 is 1.33 bits per heavy atom. The molecule has 2 rings (SSSR count). The maximum atomic E-state index is 11.9. The molecule has 0 saturated carbocycles. The first-order valence-electron chi connectivity index (χ1n) is 5.43. The summed E-state index contributed by atoms with van der Waals surface area (Å²) in [7, 11) is 0. The molecule has 2 aromatic rings. The van der Waals surface area contributed by atoms with Crippen LogP contribution in [-0.2, 0) is 6.42 Å². The van der Waals surface area contributed by atoms with Crippen LogP contribution < -0.4 is 5.32 Å². The van der Waals surface area contributed by atoms with Crippen molar-refractivity contribution in [2.45, 2.75) is 6.42 Å². The van der Waals surface area contributed by atoms with Gasteiger partial charge in [-0.3, -0.25) is 4.79 Å². The number of amides is 1. The maximum Gasteiger partial charge on any atom is 0.251 e. The van der Waals surface area contributed by atoms with Gasteiger partial charge in [-0.25, -0.2) is 0 Å². The van der Waals surface area contributed by atoms with Crippen LogP contribution in [-0.4, -0.2) is 12.5 Å². The third-order valence-electron chi connectivity index (χ3n) is 2.37. The van der Waals surface area contributed by atoms with Gasteiger partial charge in [0.25, 0.3) is 5.91 Å². The maximum absolute atomic E-state index is 11.9. The molecule has 0 unspecified atom stereocenters. The molecule has 2 nitrogen and oxygen atoms in total. The molecule has 1 N–H and O–H groups in total. The van der Waals surface area contributed by atoms with Crippen molar-refractivity contribution < 1.29 is 4.79 Å². The van der Waals surface area contributed by atoms with Gasteiger partial charge in [-0.15, -0.1) is 11.3 Å². The Morgan fingerprint density at radius 3 is 2.83 bits per heavy atom. The summed E-state index contributed by atoms with van der Waals surface area (Å²) >= 11 is 9.59. The molecular formula is C13H11ClINOS. The lowest BCUT2D eigenvalue weighted by atomic mass is 10.2. The lowest BCUT2D eigenvalue weighted by molar-refractivity contribution is 0.0954. The number of carbonyl (C=O) groups excluding carboxylic acids is 1. The predicted molar refractivity (Wildman–Crippen MR) is 84.5 cm³/mol.